The van der Waals surface area contributed by atoms with E-state index in [2.05, 4.69) is 25.1 Å². The smallest absolute Gasteiger partial charge is 0.0265 e. The first-order chi connectivity index (χ1) is 6.20. The fraction of sp³-hybridized carbons (Fsp3) is 0.818. The molecule has 0 aromatic heterocycles. The molecular formula is C11H22N2. The van der Waals surface area contributed by atoms with Gasteiger partial charge in [0.25, 0.3) is 0 Å². The quantitative estimate of drug-likeness (QED) is 0.671. The summed E-state index contributed by atoms with van der Waals surface area (Å²) in [4.78, 5) is 2.20. The largest absolute Gasteiger partial charge is 0.324 e. The lowest BCUT2D eigenvalue weighted by atomic mass is 9.93. The Hall–Kier alpha value is -0.340. The summed E-state index contributed by atoms with van der Waals surface area (Å²) in [5.41, 5.74) is 7.60. The van der Waals surface area contributed by atoms with E-state index in [-0.39, 0.29) is 0 Å². The van der Waals surface area contributed by atoms with Crippen molar-refractivity contribution < 1.29 is 0 Å². The van der Waals surface area contributed by atoms with Crippen LogP contribution in [-0.4, -0.2) is 31.6 Å². The highest BCUT2D eigenvalue weighted by Crippen LogP contribution is 2.20. The molecule has 1 aliphatic carbocycles. The average Bonchev–Trinajstić information content (AvgIpc) is 2.15. The summed E-state index contributed by atoms with van der Waals surface area (Å²) in [6.45, 7) is 1.10. The van der Waals surface area contributed by atoms with Crippen molar-refractivity contribution >= 4 is 0 Å². The van der Waals surface area contributed by atoms with Crippen LogP contribution in [0.4, 0.5) is 0 Å². The highest BCUT2D eigenvalue weighted by atomic mass is 15.0. The summed E-state index contributed by atoms with van der Waals surface area (Å²) in [5.74, 6) is 0. The Morgan fingerprint density at radius 2 is 2.23 bits per heavy atom. The summed E-state index contributed by atoms with van der Waals surface area (Å²) >= 11 is 0. The van der Waals surface area contributed by atoms with Crippen LogP contribution in [0, 0.1) is 0 Å². The van der Waals surface area contributed by atoms with Gasteiger partial charge in [-0.05, 0) is 52.7 Å². The molecule has 76 valence electrons. The van der Waals surface area contributed by atoms with E-state index in [0.29, 0.717) is 6.04 Å². The van der Waals surface area contributed by atoms with Gasteiger partial charge in [0, 0.05) is 6.04 Å². The molecule has 0 aromatic rings. The Morgan fingerprint density at radius 1 is 1.46 bits per heavy atom. The highest BCUT2D eigenvalue weighted by Gasteiger charge is 2.11. The second kappa shape index (κ2) is 5.40. The average molecular weight is 182 g/mol. The number of nitrogens with two attached hydrogens (primary N) is 1. The Balaban J connectivity index is 2.29. The molecule has 2 nitrogen and oxygen atoms in total. The number of hydrogen-bond acceptors (Lipinski definition) is 2. The van der Waals surface area contributed by atoms with Gasteiger partial charge in [-0.1, -0.05) is 11.6 Å². The third-order valence-corrected chi connectivity index (χ3v) is 2.69. The van der Waals surface area contributed by atoms with Crippen molar-refractivity contribution in [3.05, 3.63) is 11.6 Å². The Morgan fingerprint density at radius 3 is 2.77 bits per heavy atom. The minimum atomic E-state index is 0.308. The zero-order chi connectivity index (χ0) is 9.68. The van der Waals surface area contributed by atoms with Crippen molar-refractivity contribution in [1.29, 1.82) is 0 Å². The maximum absolute atomic E-state index is 6.10. The van der Waals surface area contributed by atoms with Crippen molar-refractivity contribution in [3.63, 3.8) is 0 Å². The fourth-order valence-corrected chi connectivity index (χ4v) is 1.78. The maximum Gasteiger partial charge on any atom is 0.0265 e. The Bertz CT molecular complexity index is 173. The number of allylic oxidation sites excluding steroid dienone is 1. The fourth-order valence-electron chi connectivity index (χ4n) is 1.78. The first kappa shape index (κ1) is 10.7. The van der Waals surface area contributed by atoms with Gasteiger partial charge in [-0.15, -0.1) is 0 Å². The normalized spacial score (nSPS) is 20.2. The number of rotatable bonds is 4. The number of hydrogen-bond donors (Lipinski definition) is 1. The SMILES string of the molecule is CN(C)CCC(N)C1=CCCCC1. The predicted molar refractivity (Wildman–Crippen MR) is 57.7 cm³/mol. The molecule has 0 aromatic carbocycles. The third-order valence-electron chi connectivity index (χ3n) is 2.69. The van der Waals surface area contributed by atoms with E-state index in [1.165, 1.54) is 31.3 Å². The Kier molecular flexibility index (Phi) is 4.46. The van der Waals surface area contributed by atoms with E-state index >= 15 is 0 Å². The second-order valence-electron chi connectivity index (χ2n) is 4.22. The van der Waals surface area contributed by atoms with Gasteiger partial charge in [0.05, 0.1) is 0 Å². The molecule has 0 radical (unpaired) electrons. The van der Waals surface area contributed by atoms with Crippen molar-refractivity contribution in [2.75, 3.05) is 20.6 Å². The molecule has 0 heterocycles. The van der Waals surface area contributed by atoms with Crippen LogP contribution >= 0.6 is 0 Å². The third kappa shape index (κ3) is 3.92. The summed E-state index contributed by atoms with van der Waals surface area (Å²) < 4.78 is 0. The van der Waals surface area contributed by atoms with Crippen molar-refractivity contribution in [2.24, 2.45) is 5.73 Å². The summed E-state index contributed by atoms with van der Waals surface area (Å²) in [6.07, 6.45) is 8.60. The zero-order valence-corrected chi connectivity index (χ0v) is 8.92. The van der Waals surface area contributed by atoms with Gasteiger partial charge < -0.3 is 10.6 Å². The van der Waals surface area contributed by atoms with Gasteiger partial charge in [-0.25, -0.2) is 0 Å². The molecule has 1 atom stereocenters. The van der Waals surface area contributed by atoms with Gasteiger partial charge in [-0.3, -0.25) is 0 Å². The van der Waals surface area contributed by atoms with Gasteiger partial charge in [0.1, 0.15) is 0 Å². The van der Waals surface area contributed by atoms with Gasteiger partial charge >= 0.3 is 0 Å². The van der Waals surface area contributed by atoms with Gasteiger partial charge in [0.2, 0.25) is 0 Å². The molecular weight excluding hydrogens is 160 g/mol. The Labute approximate surface area is 81.8 Å². The van der Waals surface area contributed by atoms with Crippen LogP contribution in [0.5, 0.6) is 0 Å². The molecule has 1 unspecified atom stereocenters. The zero-order valence-electron chi connectivity index (χ0n) is 8.92. The molecule has 0 saturated carbocycles. The second-order valence-corrected chi connectivity index (χ2v) is 4.22. The van der Waals surface area contributed by atoms with Crippen molar-refractivity contribution in [2.45, 2.75) is 38.1 Å². The molecule has 0 amide bonds. The van der Waals surface area contributed by atoms with Crippen molar-refractivity contribution in [1.82, 2.24) is 4.90 Å². The first-order valence-electron chi connectivity index (χ1n) is 5.29. The van der Waals surface area contributed by atoms with Crippen LogP contribution < -0.4 is 5.73 Å². The lowest BCUT2D eigenvalue weighted by molar-refractivity contribution is 0.386. The lowest BCUT2D eigenvalue weighted by Crippen LogP contribution is -2.28. The monoisotopic (exact) mass is 182 g/mol. The van der Waals surface area contributed by atoms with Crippen molar-refractivity contribution in [3.8, 4) is 0 Å². The molecule has 1 aliphatic rings. The van der Waals surface area contributed by atoms with E-state index in [4.69, 9.17) is 5.73 Å². The standard InChI is InChI=1S/C11H22N2/c1-13(2)9-8-11(12)10-6-4-3-5-7-10/h6,11H,3-5,7-9,12H2,1-2H3. The maximum atomic E-state index is 6.10. The van der Waals surface area contributed by atoms with Crippen LogP contribution in [0.15, 0.2) is 11.6 Å². The molecule has 0 aliphatic heterocycles. The first-order valence-corrected chi connectivity index (χ1v) is 5.29. The van der Waals surface area contributed by atoms with E-state index in [1.807, 2.05) is 0 Å². The molecule has 0 bridgehead atoms. The van der Waals surface area contributed by atoms with Crippen LogP contribution in [0.1, 0.15) is 32.1 Å². The molecule has 13 heavy (non-hydrogen) atoms. The lowest BCUT2D eigenvalue weighted by Gasteiger charge is -2.21. The van der Waals surface area contributed by atoms with Crippen LogP contribution in [0.3, 0.4) is 0 Å². The van der Waals surface area contributed by atoms with E-state index in [9.17, 15) is 0 Å². The summed E-state index contributed by atoms with van der Waals surface area (Å²) in [6, 6.07) is 0.308. The van der Waals surface area contributed by atoms with E-state index < -0.39 is 0 Å². The summed E-state index contributed by atoms with van der Waals surface area (Å²) in [7, 11) is 4.20. The molecule has 0 spiro atoms. The van der Waals surface area contributed by atoms with E-state index in [0.717, 1.165) is 13.0 Å². The predicted octanol–water partition coefficient (Wildman–Crippen LogP) is 1.77. The molecule has 2 heteroatoms. The van der Waals surface area contributed by atoms with Crippen LogP contribution in [0.2, 0.25) is 0 Å². The van der Waals surface area contributed by atoms with E-state index in [1.54, 1.807) is 0 Å². The van der Waals surface area contributed by atoms with Gasteiger partial charge in [0.15, 0.2) is 0 Å². The van der Waals surface area contributed by atoms with Crippen LogP contribution in [0.25, 0.3) is 0 Å². The number of nitrogens with zero attached hydrogens (tertiary/aromatic N) is 1. The molecule has 2 N–H and O–H groups in total. The molecule has 0 fully saturated rings. The molecule has 0 saturated heterocycles. The highest BCUT2D eigenvalue weighted by molar-refractivity contribution is 5.12. The van der Waals surface area contributed by atoms with Gasteiger partial charge in [-0.2, -0.15) is 0 Å². The minimum absolute atomic E-state index is 0.308. The van der Waals surface area contributed by atoms with Crippen LogP contribution in [-0.2, 0) is 0 Å². The topological polar surface area (TPSA) is 29.3 Å². The summed E-state index contributed by atoms with van der Waals surface area (Å²) in [5, 5.41) is 0. The minimum Gasteiger partial charge on any atom is -0.324 e. The molecule has 1 rings (SSSR count).